The first-order valence-corrected chi connectivity index (χ1v) is 12.6. The molecule has 2 fully saturated rings. The number of aromatic nitrogens is 3. The van der Waals surface area contributed by atoms with Crippen molar-refractivity contribution in [3.05, 3.63) is 60.1 Å². The van der Waals surface area contributed by atoms with E-state index in [0.29, 0.717) is 11.9 Å². The number of fused-ring (bicyclic) bond motifs is 1. The molecular weight excluding hydrogens is 430 g/mol. The summed E-state index contributed by atoms with van der Waals surface area (Å²) in [7, 11) is 0. The Morgan fingerprint density at radius 2 is 1.82 bits per heavy atom. The summed E-state index contributed by atoms with van der Waals surface area (Å²) in [5.41, 5.74) is 3.23. The number of hydrogen-bond acceptors (Lipinski definition) is 7. The van der Waals surface area contributed by atoms with Crippen LogP contribution in [0.15, 0.2) is 60.1 Å². The molecule has 0 radical (unpaired) electrons. The number of rotatable bonds is 5. The van der Waals surface area contributed by atoms with Crippen LogP contribution in [0.5, 0.6) is 0 Å². The van der Waals surface area contributed by atoms with Crippen molar-refractivity contribution in [2.75, 3.05) is 44.2 Å². The van der Waals surface area contributed by atoms with Crippen molar-refractivity contribution in [3.63, 3.8) is 0 Å². The monoisotopic (exact) mass is 457 g/mol. The van der Waals surface area contributed by atoms with E-state index in [-0.39, 0.29) is 0 Å². The van der Waals surface area contributed by atoms with Crippen LogP contribution >= 0.6 is 11.3 Å². The summed E-state index contributed by atoms with van der Waals surface area (Å²) in [5, 5.41) is 3.37. The third-order valence-electron chi connectivity index (χ3n) is 6.55. The molecule has 2 aliphatic rings. The first-order chi connectivity index (χ1) is 16.3. The maximum Gasteiger partial charge on any atom is 0.181 e. The maximum atomic E-state index is 5.86. The third kappa shape index (κ3) is 4.24. The summed E-state index contributed by atoms with van der Waals surface area (Å²) in [5.74, 6) is 1.72. The molecule has 0 N–H and O–H groups in total. The van der Waals surface area contributed by atoms with Gasteiger partial charge in [0.1, 0.15) is 16.3 Å². The van der Waals surface area contributed by atoms with Crippen LogP contribution in [0.1, 0.15) is 12.8 Å². The Morgan fingerprint density at radius 1 is 0.970 bits per heavy atom. The predicted molar refractivity (Wildman–Crippen MR) is 134 cm³/mol. The molecule has 4 aromatic rings. The fourth-order valence-electron chi connectivity index (χ4n) is 4.81. The van der Waals surface area contributed by atoms with Gasteiger partial charge in [-0.25, -0.2) is 9.97 Å². The molecule has 0 aliphatic carbocycles. The standard InChI is InChI=1S/C26H27N5OS/c1-2-7-19(8-3-1)21-18-33-26-23(21)25(28-24(29-26)22-10-4-5-11-27-22)31-14-12-30(13-15-31)17-20-9-6-16-32-20/h1-5,7-8,10-11,18,20H,6,9,12-17H2/t20-/m1/s1. The molecule has 2 saturated heterocycles. The molecule has 6 nitrogen and oxygen atoms in total. The second-order valence-corrected chi connectivity index (χ2v) is 9.56. The van der Waals surface area contributed by atoms with E-state index in [1.807, 2.05) is 18.2 Å². The summed E-state index contributed by atoms with van der Waals surface area (Å²) < 4.78 is 5.86. The quantitative estimate of drug-likeness (QED) is 0.432. The van der Waals surface area contributed by atoms with Gasteiger partial charge in [-0.1, -0.05) is 36.4 Å². The highest BCUT2D eigenvalue weighted by atomic mass is 32.1. The van der Waals surface area contributed by atoms with Gasteiger partial charge in [0.15, 0.2) is 5.82 Å². The van der Waals surface area contributed by atoms with Gasteiger partial charge in [-0.15, -0.1) is 11.3 Å². The molecule has 7 heteroatoms. The topological polar surface area (TPSA) is 54.4 Å². The van der Waals surface area contributed by atoms with Crippen molar-refractivity contribution in [3.8, 4) is 22.6 Å². The summed E-state index contributed by atoms with van der Waals surface area (Å²) in [6.45, 7) is 5.90. The Balaban J connectivity index is 1.36. The van der Waals surface area contributed by atoms with Crippen LogP contribution in [0.2, 0.25) is 0 Å². The summed E-state index contributed by atoms with van der Waals surface area (Å²) in [6.07, 6.45) is 4.59. The molecule has 2 aliphatic heterocycles. The zero-order chi connectivity index (χ0) is 22.0. The fourth-order valence-corrected chi connectivity index (χ4v) is 5.75. The first kappa shape index (κ1) is 20.7. The number of piperazine rings is 1. The van der Waals surface area contributed by atoms with Crippen molar-refractivity contribution in [2.24, 2.45) is 0 Å². The Kier molecular flexibility index (Phi) is 5.76. The van der Waals surface area contributed by atoms with Crippen LogP contribution in [0, 0.1) is 0 Å². The smallest absolute Gasteiger partial charge is 0.181 e. The SMILES string of the molecule is c1ccc(-c2csc3nc(-c4ccccn4)nc(N4CCN(C[C@H]5CCCO5)CC4)c23)cc1. The van der Waals surface area contributed by atoms with E-state index in [1.54, 1.807) is 17.5 Å². The van der Waals surface area contributed by atoms with Crippen LogP contribution in [0.25, 0.3) is 32.9 Å². The number of benzene rings is 1. The molecular formula is C26H27N5OS. The highest BCUT2D eigenvalue weighted by Crippen LogP contribution is 2.39. The number of thiophene rings is 1. The minimum Gasteiger partial charge on any atom is -0.377 e. The molecule has 1 aromatic carbocycles. The lowest BCUT2D eigenvalue weighted by Crippen LogP contribution is -2.48. The van der Waals surface area contributed by atoms with Crippen molar-refractivity contribution in [1.29, 1.82) is 0 Å². The van der Waals surface area contributed by atoms with Gasteiger partial charge < -0.3 is 9.64 Å². The number of hydrogen-bond donors (Lipinski definition) is 0. The van der Waals surface area contributed by atoms with Crippen LogP contribution < -0.4 is 4.90 Å². The van der Waals surface area contributed by atoms with E-state index in [9.17, 15) is 0 Å². The fraction of sp³-hybridized carbons (Fsp3) is 0.346. The minimum absolute atomic E-state index is 0.402. The van der Waals surface area contributed by atoms with Gasteiger partial charge in [-0.3, -0.25) is 9.88 Å². The van der Waals surface area contributed by atoms with Crippen LogP contribution in [-0.2, 0) is 4.74 Å². The second-order valence-electron chi connectivity index (χ2n) is 8.70. The molecule has 5 heterocycles. The molecule has 6 rings (SSSR count). The molecule has 1 atom stereocenters. The Labute approximate surface area is 197 Å². The zero-order valence-corrected chi connectivity index (χ0v) is 19.4. The second kappa shape index (κ2) is 9.17. The summed E-state index contributed by atoms with van der Waals surface area (Å²) in [4.78, 5) is 20.5. The van der Waals surface area contributed by atoms with Gasteiger partial charge in [0, 0.05) is 56.5 Å². The van der Waals surface area contributed by atoms with Gasteiger partial charge in [0.2, 0.25) is 0 Å². The third-order valence-corrected chi connectivity index (χ3v) is 7.42. The maximum absolute atomic E-state index is 5.86. The van der Waals surface area contributed by atoms with Gasteiger partial charge in [0.25, 0.3) is 0 Å². The number of anilines is 1. The predicted octanol–water partition coefficient (Wildman–Crippen LogP) is 4.72. The Morgan fingerprint density at radius 3 is 2.58 bits per heavy atom. The highest BCUT2D eigenvalue weighted by Gasteiger charge is 2.26. The lowest BCUT2D eigenvalue weighted by Gasteiger charge is -2.36. The molecule has 168 valence electrons. The molecule has 0 bridgehead atoms. The van der Waals surface area contributed by atoms with E-state index in [4.69, 9.17) is 14.7 Å². The number of pyridine rings is 1. The largest absolute Gasteiger partial charge is 0.377 e. The van der Waals surface area contributed by atoms with E-state index < -0.39 is 0 Å². The van der Waals surface area contributed by atoms with Crippen LogP contribution in [0.3, 0.4) is 0 Å². The van der Waals surface area contributed by atoms with E-state index in [2.05, 4.69) is 50.5 Å². The van der Waals surface area contributed by atoms with Crippen LogP contribution in [0.4, 0.5) is 5.82 Å². The average molecular weight is 458 g/mol. The lowest BCUT2D eigenvalue weighted by atomic mass is 10.1. The summed E-state index contributed by atoms with van der Waals surface area (Å²) in [6, 6.07) is 16.5. The van der Waals surface area contributed by atoms with Gasteiger partial charge >= 0.3 is 0 Å². The summed E-state index contributed by atoms with van der Waals surface area (Å²) >= 11 is 1.69. The van der Waals surface area contributed by atoms with E-state index in [0.717, 1.165) is 61.1 Å². The molecule has 0 unspecified atom stereocenters. The van der Waals surface area contributed by atoms with Crippen molar-refractivity contribution in [1.82, 2.24) is 19.9 Å². The van der Waals surface area contributed by atoms with Crippen molar-refractivity contribution >= 4 is 27.4 Å². The molecule has 3 aromatic heterocycles. The van der Waals surface area contributed by atoms with Crippen molar-refractivity contribution in [2.45, 2.75) is 18.9 Å². The zero-order valence-electron chi connectivity index (χ0n) is 18.6. The van der Waals surface area contributed by atoms with Gasteiger partial charge in [0.05, 0.1) is 11.5 Å². The van der Waals surface area contributed by atoms with E-state index in [1.165, 1.54) is 24.0 Å². The van der Waals surface area contributed by atoms with Crippen molar-refractivity contribution < 1.29 is 4.74 Å². The average Bonchev–Trinajstić information content (AvgIpc) is 3.55. The number of nitrogens with zero attached hydrogens (tertiary/aromatic N) is 5. The normalized spacial score (nSPS) is 19.4. The molecule has 33 heavy (non-hydrogen) atoms. The van der Waals surface area contributed by atoms with E-state index >= 15 is 0 Å². The molecule has 0 amide bonds. The Bertz CT molecular complexity index is 1220. The van der Waals surface area contributed by atoms with Crippen LogP contribution in [-0.4, -0.2) is 65.3 Å². The van der Waals surface area contributed by atoms with Gasteiger partial charge in [-0.05, 0) is 30.5 Å². The number of ether oxygens (including phenoxy) is 1. The van der Waals surface area contributed by atoms with Gasteiger partial charge in [-0.2, -0.15) is 0 Å². The highest BCUT2D eigenvalue weighted by molar-refractivity contribution is 7.17. The molecule has 0 spiro atoms. The lowest BCUT2D eigenvalue weighted by molar-refractivity contribution is 0.0712. The Hall–Kier alpha value is -2.87. The first-order valence-electron chi connectivity index (χ1n) is 11.7. The molecule has 0 saturated carbocycles. The minimum atomic E-state index is 0.402.